The lowest BCUT2D eigenvalue weighted by Gasteiger charge is -2.04. The number of hydrogen-bond donors (Lipinski definition) is 0. The summed E-state index contributed by atoms with van der Waals surface area (Å²) in [6.07, 6.45) is 1.67. The number of pyridine rings is 2. The van der Waals surface area contributed by atoms with E-state index in [4.69, 9.17) is 0 Å². The molecule has 86 valence electrons. The van der Waals surface area contributed by atoms with Crippen LogP contribution in [0.15, 0.2) is 36.5 Å². The summed E-state index contributed by atoms with van der Waals surface area (Å²) in [6, 6.07) is 8.18. The standard InChI is InChI=1S/C12H6FN5/c13-7-3-4-8-9(6-7)11-10(2-1-5-14-11)18-12(8)15-16-17-18/h1-6H. The average Bonchev–Trinajstić information content (AvgIpc) is 2.88. The van der Waals surface area contributed by atoms with E-state index >= 15 is 0 Å². The summed E-state index contributed by atoms with van der Waals surface area (Å²) in [5.74, 6) is -0.300. The predicted octanol–water partition coefficient (Wildman–Crippen LogP) is 1.96. The third kappa shape index (κ3) is 1.09. The Kier molecular flexibility index (Phi) is 1.67. The molecule has 0 aliphatic heterocycles. The van der Waals surface area contributed by atoms with Crippen LogP contribution in [0.4, 0.5) is 4.39 Å². The van der Waals surface area contributed by atoms with E-state index in [1.165, 1.54) is 12.1 Å². The van der Waals surface area contributed by atoms with E-state index in [-0.39, 0.29) is 5.82 Å². The van der Waals surface area contributed by atoms with Crippen LogP contribution in [-0.2, 0) is 0 Å². The molecule has 4 rings (SSSR count). The summed E-state index contributed by atoms with van der Waals surface area (Å²) in [7, 11) is 0. The quantitative estimate of drug-likeness (QED) is 0.440. The summed E-state index contributed by atoms with van der Waals surface area (Å²) in [6.45, 7) is 0. The zero-order chi connectivity index (χ0) is 12.1. The Morgan fingerprint density at radius 1 is 1.11 bits per heavy atom. The van der Waals surface area contributed by atoms with E-state index in [0.29, 0.717) is 16.6 Å². The van der Waals surface area contributed by atoms with Gasteiger partial charge in [0.25, 0.3) is 0 Å². The molecule has 0 radical (unpaired) electrons. The molecule has 0 saturated carbocycles. The number of hydrogen-bond acceptors (Lipinski definition) is 4. The van der Waals surface area contributed by atoms with E-state index in [9.17, 15) is 4.39 Å². The Labute approximate surface area is 99.9 Å². The fourth-order valence-corrected chi connectivity index (χ4v) is 2.20. The molecular formula is C12H6FN5. The SMILES string of the molecule is Fc1ccc2c(c1)c1ncccc1n1nnnc21. The van der Waals surface area contributed by atoms with Crippen LogP contribution in [-0.4, -0.2) is 25.0 Å². The number of tetrazole rings is 1. The topological polar surface area (TPSA) is 56.0 Å². The van der Waals surface area contributed by atoms with Crippen molar-refractivity contribution in [1.82, 2.24) is 25.0 Å². The van der Waals surface area contributed by atoms with Gasteiger partial charge in [-0.05, 0) is 40.8 Å². The maximum atomic E-state index is 13.4. The number of aromatic nitrogens is 5. The lowest BCUT2D eigenvalue weighted by molar-refractivity contribution is 0.630. The highest BCUT2D eigenvalue weighted by Gasteiger charge is 2.11. The highest BCUT2D eigenvalue weighted by atomic mass is 19.1. The second kappa shape index (κ2) is 3.19. The number of rotatable bonds is 0. The summed E-state index contributed by atoms with van der Waals surface area (Å²) in [5.41, 5.74) is 2.05. The van der Waals surface area contributed by atoms with Crippen molar-refractivity contribution in [1.29, 1.82) is 0 Å². The molecule has 4 aromatic rings. The van der Waals surface area contributed by atoms with Crippen molar-refractivity contribution in [2.75, 3.05) is 0 Å². The summed E-state index contributed by atoms with van der Waals surface area (Å²) in [5, 5.41) is 13.1. The predicted molar refractivity (Wildman–Crippen MR) is 63.5 cm³/mol. The third-order valence-corrected chi connectivity index (χ3v) is 2.96. The Morgan fingerprint density at radius 3 is 3.00 bits per heavy atom. The third-order valence-electron chi connectivity index (χ3n) is 2.96. The van der Waals surface area contributed by atoms with Gasteiger partial charge in [-0.1, -0.05) is 0 Å². The minimum absolute atomic E-state index is 0.300. The van der Waals surface area contributed by atoms with Gasteiger partial charge in [-0.25, -0.2) is 4.39 Å². The first kappa shape index (κ1) is 9.41. The average molecular weight is 239 g/mol. The van der Waals surface area contributed by atoms with Crippen LogP contribution in [0, 0.1) is 5.82 Å². The fraction of sp³-hybridized carbons (Fsp3) is 0. The molecular weight excluding hydrogens is 233 g/mol. The zero-order valence-corrected chi connectivity index (χ0v) is 9.08. The van der Waals surface area contributed by atoms with Gasteiger partial charge in [0.1, 0.15) is 5.82 Å². The summed E-state index contributed by atoms with van der Waals surface area (Å²) < 4.78 is 15.0. The van der Waals surface area contributed by atoms with Crippen LogP contribution in [0.1, 0.15) is 0 Å². The molecule has 3 heterocycles. The van der Waals surface area contributed by atoms with Gasteiger partial charge in [0.2, 0.25) is 0 Å². The molecule has 0 saturated heterocycles. The Bertz CT molecular complexity index is 899. The van der Waals surface area contributed by atoms with E-state index in [0.717, 1.165) is 10.9 Å². The molecule has 0 spiro atoms. The molecule has 5 nitrogen and oxygen atoms in total. The van der Waals surface area contributed by atoms with Crippen LogP contribution in [0.25, 0.3) is 27.5 Å². The lowest BCUT2D eigenvalue weighted by Crippen LogP contribution is -1.94. The molecule has 0 aliphatic carbocycles. The molecule has 0 amide bonds. The van der Waals surface area contributed by atoms with Crippen molar-refractivity contribution >= 4 is 27.5 Å². The van der Waals surface area contributed by atoms with E-state index in [2.05, 4.69) is 20.5 Å². The number of nitrogens with zero attached hydrogens (tertiary/aromatic N) is 5. The zero-order valence-electron chi connectivity index (χ0n) is 9.08. The molecule has 0 bridgehead atoms. The van der Waals surface area contributed by atoms with Crippen LogP contribution in [0.5, 0.6) is 0 Å². The Balaban J connectivity index is 2.44. The van der Waals surface area contributed by atoms with Crippen molar-refractivity contribution in [2.45, 2.75) is 0 Å². The van der Waals surface area contributed by atoms with Gasteiger partial charge in [-0.3, -0.25) is 4.98 Å². The minimum atomic E-state index is -0.300. The molecule has 0 atom stereocenters. The normalized spacial score (nSPS) is 11.6. The first-order valence-corrected chi connectivity index (χ1v) is 5.38. The lowest BCUT2D eigenvalue weighted by atomic mass is 10.1. The molecule has 0 unspecified atom stereocenters. The summed E-state index contributed by atoms with van der Waals surface area (Å²) in [4.78, 5) is 4.30. The van der Waals surface area contributed by atoms with Crippen molar-refractivity contribution in [3.8, 4) is 0 Å². The first-order chi connectivity index (χ1) is 8.84. The minimum Gasteiger partial charge on any atom is -0.254 e. The van der Waals surface area contributed by atoms with Crippen molar-refractivity contribution in [3.63, 3.8) is 0 Å². The van der Waals surface area contributed by atoms with Gasteiger partial charge < -0.3 is 0 Å². The molecule has 0 fully saturated rings. The molecule has 0 aliphatic rings. The number of fused-ring (bicyclic) bond motifs is 6. The largest absolute Gasteiger partial charge is 0.254 e. The molecule has 3 aromatic heterocycles. The highest BCUT2D eigenvalue weighted by molar-refractivity contribution is 6.09. The van der Waals surface area contributed by atoms with Crippen molar-refractivity contribution in [2.24, 2.45) is 0 Å². The maximum absolute atomic E-state index is 13.4. The summed E-state index contributed by atoms with van der Waals surface area (Å²) >= 11 is 0. The van der Waals surface area contributed by atoms with E-state index < -0.39 is 0 Å². The maximum Gasteiger partial charge on any atom is 0.187 e. The monoisotopic (exact) mass is 239 g/mol. The Morgan fingerprint density at radius 2 is 2.06 bits per heavy atom. The van der Waals surface area contributed by atoms with E-state index in [1.54, 1.807) is 22.8 Å². The number of benzene rings is 1. The van der Waals surface area contributed by atoms with Crippen LogP contribution < -0.4 is 0 Å². The molecule has 18 heavy (non-hydrogen) atoms. The highest BCUT2D eigenvalue weighted by Crippen LogP contribution is 2.26. The first-order valence-electron chi connectivity index (χ1n) is 5.38. The van der Waals surface area contributed by atoms with Crippen LogP contribution in [0.3, 0.4) is 0 Å². The van der Waals surface area contributed by atoms with Gasteiger partial charge in [0, 0.05) is 17.0 Å². The molecule has 1 aromatic carbocycles. The van der Waals surface area contributed by atoms with Gasteiger partial charge in [-0.2, -0.15) is 4.52 Å². The van der Waals surface area contributed by atoms with Gasteiger partial charge in [0.05, 0.1) is 11.0 Å². The van der Waals surface area contributed by atoms with E-state index in [1.807, 2.05) is 6.07 Å². The second-order valence-electron chi connectivity index (χ2n) is 3.98. The van der Waals surface area contributed by atoms with Crippen molar-refractivity contribution < 1.29 is 4.39 Å². The second-order valence-corrected chi connectivity index (χ2v) is 3.98. The fourth-order valence-electron chi connectivity index (χ4n) is 2.20. The van der Waals surface area contributed by atoms with Crippen LogP contribution in [0.2, 0.25) is 0 Å². The van der Waals surface area contributed by atoms with Gasteiger partial charge >= 0.3 is 0 Å². The Hall–Kier alpha value is -2.63. The van der Waals surface area contributed by atoms with Gasteiger partial charge in [-0.15, -0.1) is 5.10 Å². The molecule has 0 N–H and O–H groups in total. The van der Waals surface area contributed by atoms with Gasteiger partial charge in [0.15, 0.2) is 5.65 Å². The molecule has 6 heteroatoms. The smallest absolute Gasteiger partial charge is 0.187 e. The van der Waals surface area contributed by atoms with Crippen LogP contribution >= 0.6 is 0 Å². The van der Waals surface area contributed by atoms with Crippen molar-refractivity contribution in [3.05, 3.63) is 42.3 Å². The number of halogens is 1.